The Balaban J connectivity index is 2.19. The molecule has 0 atom stereocenters. The van der Waals surface area contributed by atoms with Crippen molar-refractivity contribution in [3.8, 4) is 11.5 Å². The van der Waals surface area contributed by atoms with Gasteiger partial charge >= 0.3 is 0 Å². The van der Waals surface area contributed by atoms with E-state index in [-0.39, 0.29) is 5.78 Å². The third kappa shape index (κ3) is 5.36. The van der Waals surface area contributed by atoms with Gasteiger partial charge < -0.3 is 9.47 Å². The highest BCUT2D eigenvalue weighted by atomic mass is 32.2. The summed E-state index contributed by atoms with van der Waals surface area (Å²) in [5, 5.41) is 0. The van der Waals surface area contributed by atoms with Crippen LogP contribution in [0, 0.1) is 0 Å². The van der Waals surface area contributed by atoms with Crippen molar-refractivity contribution in [3.63, 3.8) is 0 Å². The minimum Gasteiger partial charge on any atom is -0.493 e. The minimum atomic E-state index is -3.39. The number of benzene rings is 2. The molecule has 0 fully saturated rings. The lowest BCUT2D eigenvalue weighted by Gasteiger charge is -2.07. The lowest BCUT2D eigenvalue weighted by Crippen LogP contribution is -2.10. The van der Waals surface area contributed by atoms with Crippen molar-refractivity contribution in [2.24, 2.45) is 0 Å². The monoisotopic (exact) mass is 361 g/mol. The summed E-state index contributed by atoms with van der Waals surface area (Å²) in [5.41, 5.74) is 1.50. The fourth-order valence-electron chi connectivity index (χ4n) is 2.17. The van der Waals surface area contributed by atoms with Gasteiger partial charge in [-0.05, 0) is 35.9 Å². The molecule has 0 spiro atoms. The third-order valence-corrected chi connectivity index (χ3v) is 3.89. The summed E-state index contributed by atoms with van der Waals surface area (Å²) in [4.78, 5) is 12.3. The Morgan fingerprint density at radius 3 is 2.40 bits per heavy atom. The quantitative estimate of drug-likeness (QED) is 0.606. The largest absolute Gasteiger partial charge is 0.493 e. The SMILES string of the molecule is COc1ccc(C=CC(=O)c2cccc(NS(C)(=O)=O)c2)cc1OC. The number of nitrogens with one attached hydrogen (secondary N) is 1. The van der Waals surface area contributed by atoms with Crippen LogP contribution in [0.3, 0.4) is 0 Å². The Labute approximate surface area is 147 Å². The van der Waals surface area contributed by atoms with Crippen LogP contribution < -0.4 is 14.2 Å². The topological polar surface area (TPSA) is 81.7 Å². The second-order valence-corrected chi connectivity index (χ2v) is 7.02. The van der Waals surface area contributed by atoms with Crippen LogP contribution in [0.25, 0.3) is 6.08 Å². The Morgan fingerprint density at radius 1 is 1.04 bits per heavy atom. The number of anilines is 1. The first-order chi connectivity index (χ1) is 11.8. The van der Waals surface area contributed by atoms with Gasteiger partial charge in [0.25, 0.3) is 0 Å². The van der Waals surface area contributed by atoms with Crippen molar-refractivity contribution in [1.82, 2.24) is 0 Å². The number of carbonyl (C=O) groups is 1. The number of hydrogen-bond donors (Lipinski definition) is 1. The van der Waals surface area contributed by atoms with E-state index < -0.39 is 10.0 Å². The molecule has 0 radical (unpaired) electrons. The molecule has 0 bridgehead atoms. The van der Waals surface area contributed by atoms with Crippen molar-refractivity contribution in [2.45, 2.75) is 0 Å². The summed E-state index contributed by atoms with van der Waals surface area (Å²) in [6, 6.07) is 11.6. The van der Waals surface area contributed by atoms with E-state index in [2.05, 4.69) is 4.72 Å². The van der Waals surface area contributed by atoms with Gasteiger partial charge in [0.05, 0.1) is 20.5 Å². The maximum absolute atomic E-state index is 12.3. The molecule has 25 heavy (non-hydrogen) atoms. The highest BCUT2D eigenvalue weighted by Gasteiger charge is 2.07. The zero-order valence-electron chi connectivity index (χ0n) is 14.1. The van der Waals surface area contributed by atoms with Gasteiger partial charge in [0, 0.05) is 11.3 Å². The maximum atomic E-state index is 12.3. The van der Waals surface area contributed by atoms with Crippen LogP contribution in [0.2, 0.25) is 0 Å². The average Bonchev–Trinajstić information content (AvgIpc) is 2.58. The van der Waals surface area contributed by atoms with Crippen LogP contribution in [0.1, 0.15) is 15.9 Å². The average molecular weight is 361 g/mol. The molecule has 0 saturated carbocycles. The fraction of sp³-hybridized carbons (Fsp3) is 0.167. The van der Waals surface area contributed by atoms with E-state index in [0.717, 1.165) is 11.8 Å². The second kappa shape index (κ2) is 7.85. The van der Waals surface area contributed by atoms with Crippen LogP contribution in [0.4, 0.5) is 5.69 Å². The molecule has 1 N–H and O–H groups in total. The molecule has 2 aromatic rings. The normalized spacial score (nSPS) is 11.3. The summed E-state index contributed by atoms with van der Waals surface area (Å²) in [6.07, 6.45) is 4.13. The molecule has 0 unspecified atom stereocenters. The molecular weight excluding hydrogens is 342 g/mol. The van der Waals surface area contributed by atoms with Crippen LogP contribution in [0.5, 0.6) is 11.5 Å². The van der Waals surface area contributed by atoms with E-state index in [4.69, 9.17) is 9.47 Å². The van der Waals surface area contributed by atoms with Crippen LogP contribution in [-0.4, -0.2) is 34.7 Å². The molecule has 0 heterocycles. The van der Waals surface area contributed by atoms with Gasteiger partial charge in [-0.3, -0.25) is 9.52 Å². The van der Waals surface area contributed by atoms with Gasteiger partial charge in [0.2, 0.25) is 10.0 Å². The van der Waals surface area contributed by atoms with E-state index in [1.54, 1.807) is 49.6 Å². The molecule has 7 heteroatoms. The van der Waals surface area contributed by atoms with Gasteiger partial charge in [0.15, 0.2) is 17.3 Å². The lowest BCUT2D eigenvalue weighted by molar-refractivity contribution is 0.104. The zero-order valence-corrected chi connectivity index (χ0v) is 15.0. The Hall–Kier alpha value is -2.80. The number of hydrogen-bond acceptors (Lipinski definition) is 5. The van der Waals surface area contributed by atoms with E-state index in [1.165, 1.54) is 19.3 Å². The molecule has 0 saturated heterocycles. The number of ketones is 1. The van der Waals surface area contributed by atoms with Crippen molar-refractivity contribution >= 4 is 27.6 Å². The molecule has 2 aromatic carbocycles. The van der Waals surface area contributed by atoms with Crippen molar-refractivity contribution in [2.75, 3.05) is 25.2 Å². The maximum Gasteiger partial charge on any atom is 0.229 e. The minimum absolute atomic E-state index is 0.244. The van der Waals surface area contributed by atoms with Gasteiger partial charge in [-0.15, -0.1) is 0 Å². The summed E-state index contributed by atoms with van der Waals surface area (Å²) < 4.78 is 35.3. The Bertz CT molecular complexity index is 903. The van der Waals surface area contributed by atoms with Crippen molar-refractivity contribution in [1.29, 1.82) is 0 Å². The van der Waals surface area contributed by atoms with Crippen LogP contribution in [-0.2, 0) is 10.0 Å². The van der Waals surface area contributed by atoms with Gasteiger partial charge in [-0.1, -0.05) is 24.3 Å². The fourth-order valence-corrected chi connectivity index (χ4v) is 2.73. The first kappa shape index (κ1) is 18.5. The predicted molar refractivity (Wildman–Crippen MR) is 97.8 cm³/mol. The van der Waals surface area contributed by atoms with Crippen LogP contribution >= 0.6 is 0 Å². The molecule has 6 nitrogen and oxygen atoms in total. The highest BCUT2D eigenvalue weighted by Crippen LogP contribution is 2.28. The summed E-state index contributed by atoms with van der Waals surface area (Å²) in [5.74, 6) is 0.925. The number of ether oxygens (including phenoxy) is 2. The van der Waals surface area contributed by atoms with E-state index in [0.29, 0.717) is 22.7 Å². The summed E-state index contributed by atoms with van der Waals surface area (Å²) in [7, 11) is -0.306. The number of sulfonamides is 1. The molecule has 0 aliphatic heterocycles. The van der Waals surface area contributed by atoms with E-state index in [9.17, 15) is 13.2 Å². The summed E-state index contributed by atoms with van der Waals surface area (Å²) >= 11 is 0. The van der Waals surface area contributed by atoms with E-state index in [1.807, 2.05) is 0 Å². The first-order valence-corrected chi connectivity index (χ1v) is 9.24. The number of methoxy groups -OCH3 is 2. The van der Waals surface area contributed by atoms with Crippen molar-refractivity contribution < 1.29 is 22.7 Å². The molecular formula is C18H19NO5S. The molecule has 0 aliphatic carbocycles. The molecule has 0 aromatic heterocycles. The number of allylic oxidation sites excluding steroid dienone is 1. The van der Waals surface area contributed by atoms with Crippen LogP contribution in [0.15, 0.2) is 48.5 Å². The van der Waals surface area contributed by atoms with Crippen molar-refractivity contribution in [3.05, 3.63) is 59.7 Å². The van der Waals surface area contributed by atoms with Gasteiger partial charge in [-0.25, -0.2) is 8.42 Å². The third-order valence-electron chi connectivity index (χ3n) is 3.29. The number of rotatable bonds is 7. The lowest BCUT2D eigenvalue weighted by atomic mass is 10.1. The molecule has 132 valence electrons. The highest BCUT2D eigenvalue weighted by molar-refractivity contribution is 7.92. The standard InChI is InChI=1S/C18H19NO5S/c1-23-17-10-8-13(11-18(17)24-2)7-9-16(20)14-5-4-6-15(12-14)19-25(3,21)22/h4-12,19H,1-3H3. The summed E-state index contributed by atoms with van der Waals surface area (Å²) in [6.45, 7) is 0. The molecule has 2 rings (SSSR count). The zero-order chi connectivity index (χ0) is 18.4. The van der Waals surface area contributed by atoms with E-state index >= 15 is 0 Å². The van der Waals surface area contributed by atoms with Gasteiger partial charge in [0.1, 0.15) is 0 Å². The smallest absolute Gasteiger partial charge is 0.229 e. The molecule has 0 aliphatic rings. The first-order valence-electron chi connectivity index (χ1n) is 7.34. The number of carbonyl (C=O) groups excluding carboxylic acids is 1. The Morgan fingerprint density at radius 2 is 1.76 bits per heavy atom. The Kier molecular flexibility index (Phi) is 5.82. The second-order valence-electron chi connectivity index (χ2n) is 5.27. The van der Waals surface area contributed by atoms with Gasteiger partial charge in [-0.2, -0.15) is 0 Å². The predicted octanol–water partition coefficient (Wildman–Crippen LogP) is 2.97. The molecule has 0 amide bonds.